The van der Waals surface area contributed by atoms with Crippen molar-refractivity contribution >= 4 is 33.6 Å². The molecule has 0 fully saturated rings. The minimum atomic E-state index is 0.329. The molecule has 3 aromatic rings. The molecule has 3 rings (SSSR count). The maximum absolute atomic E-state index is 5.44. The smallest absolute Gasteiger partial charge is 0.134 e. The molecule has 0 aliphatic heterocycles. The summed E-state index contributed by atoms with van der Waals surface area (Å²) in [6.45, 7) is 3.03. The van der Waals surface area contributed by atoms with E-state index in [2.05, 4.69) is 77.3 Å². The molecule has 20 heavy (non-hydrogen) atoms. The average Bonchev–Trinajstić information content (AvgIpc) is 2.92. The van der Waals surface area contributed by atoms with Gasteiger partial charge in [0.25, 0.3) is 0 Å². The maximum Gasteiger partial charge on any atom is 0.134 e. The Labute approximate surface area is 132 Å². The van der Waals surface area contributed by atoms with Gasteiger partial charge in [0.05, 0.1) is 6.26 Å². The van der Waals surface area contributed by atoms with Gasteiger partial charge in [0.2, 0.25) is 0 Å². The molecule has 1 atom stereocenters. The van der Waals surface area contributed by atoms with E-state index >= 15 is 0 Å². The highest BCUT2D eigenvalue weighted by atomic mass is 127. The SMILES string of the molecule is CC(NCc1ccc2ccoc2c1)c1ccccc1I. The Kier molecular flexibility index (Phi) is 4.08. The minimum Gasteiger partial charge on any atom is -0.464 e. The van der Waals surface area contributed by atoms with Gasteiger partial charge >= 0.3 is 0 Å². The molecule has 3 heteroatoms. The topological polar surface area (TPSA) is 25.2 Å². The van der Waals surface area contributed by atoms with E-state index in [1.807, 2.05) is 6.07 Å². The monoisotopic (exact) mass is 377 g/mol. The number of rotatable bonds is 4. The first-order valence-corrected chi connectivity index (χ1v) is 7.76. The zero-order valence-electron chi connectivity index (χ0n) is 11.3. The number of hydrogen-bond donors (Lipinski definition) is 1. The molecular formula is C17H16INO. The number of hydrogen-bond acceptors (Lipinski definition) is 2. The molecule has 102 valence electrons. The van der Waals surface area contributed by atoms with Gasteiger partial charge in [-0.25, -0.2) is 0 Å². The van der Waals surface area contributed by atoms with Crippen molar-refractivity contribution in [1.82, 2.24) is 5.32 Å². The first kappa shape index (κ1) is 13.6. The summed E-state index contributed by atoms with van der Waals surface area (Å²) in [4.78, 5) is 0. The van der Waals surface area contributed by atoms with Gasteiger partial charge in [-0.15, -0.1) is 0 Å². The number of benzene rings is 2. The summed E-state index contributed by atoms with van der Waals surface area (Å²) in [5.41, 5.74) is 3.53. The molecular weight excluding hydrogens is 361 g/mol. The van der Waals surface area contributed by atoms with Crippen molar-refractivity contribution in [2.24, 2.45) is 0 Å². The Bertz CT molecular complexity index is 720. The van der Waals surface area contributed by atoms with Gasteiger partial charge in [-0.05, 0) is 58.8 Å². The first-order valence-electron chi connectivity index (χ1n) is 6.68. The summed E-state index contributed by atoms with van der Waals surface area (Å²) >= 11 is 2.39. The van der Waals surface area contributed by atoms with Crippen LogP contribution in [0.2, 0.25) is 0 Å². The van der Waals surface area contributed by atoms with Crippen LogP contribution in [0.1, 0.15) is 24.1 Å². The molecule has 0 bridgehead atoms. The van der Waals surface area contributed by atoms with Crippen molar-refractivity contribution in [1.29, 1.82) is 0 Å². The minimum absolute atomic E-state index is 0.329. The van der Waals surface area contributed by atoms with Crippen molar-refractivity contribution in [3.8, 4) is 0 Å². The highest BCUT2D eigenvalue weighted by Gasteiger charge is 2.08. The van der Waals surface area contributed by atoms with Crippen molar-refractivity contribution in [2.45, 2.75) is 19.5 Å². The molecule has 0 aliphatic carbocycles. The third kappa shape index (κ3) is 2.88. The largest absolute Gasteiger partial charge is 0.464 e. The van der Waals surface area contributed by atoms with Crippen LogP contribution in [-0.2, 0) is 6.54 Å². The van der Waals surface area contributed by atoms with Crippen molar-refractivity contribution in [2.75, 3.05) is 0 Å². The normalized spacial score (nSPS) is 12.7. The standard InChI is InChI=1S/C17H16INO/c1-12(15-4-2-3-5-16(15)18)19-11-13-6-7-14-8-9-20-17(14)10-13/h2-10,12,19H,11H2,1H3. The average molecular weight is 377 g/mol. The van der Waals surface area contributed by atoms with Gasteiger partial charge in [0.1, 0.15) is 5.58 Å². The second kappa shape index (κ2) is 5.97. The zero-order chi connectivity index (χ0) is 13.9. The van der Waals surface area contributed by atoms with Gasteiger partial charge in [-0.2, -0.15) is 0 Å². The summed E-state index contributed by atoms with van der Waals surface area (Å²) in [5, 5.41) is 4.72. The van der Waals surface area contributed by atoms with Gasteiger partial charge < -0.3 is 9.73 Å². The fourth-order valence-electron chi connectivity index (χ4n) is 2.32. The lowest BCUT2D eigenvalue weighted by atomic mass is 10.1. The van der Waals surface area contributed by atoms with Crippen molar-refractivity contribution < 1.29 is 4.42 Å². The highest BCUT2D eigenvalue weighted by molar-refractivity contribution is 14.1. The van der Waals surface area contributed by atoms with Crippen LogP contribution in [0, 0.1) is 3.57 Å². The fourth-order valence-corrected chi connectivity index (χ4v) is 3.17. The lowest BCUT2D eigenvalue weighted by molar-refractivity contribution is 0.571. The highest BCUT2D eigenvalue weighted by Crippen LogP contribution is 2.21. The van der Waals surface area contributed by atoms with E-state index in [1.165, 1.54) is 14.7 Å². The van der Waals surface area contributed by atoms with E-state index in [9.17, 15) is 0 Å². The van der Waals surface area contributed by atoms with Gasteiger partial charge in [0, 0.05) is 21.5 Å². The maximum atomic E-state index is 5.44. The number of halogens is 1. The van der Waals surface area contributed by atoms with E-state index in [4.69, 9.17) is 4.42 Å². The third-order valence-electron chi connectivity index (χ3n) is 3.50. The molecule has 2 aromatic carbocycles. The molecule has 2 nitrogen and oxygen atoms in total. The molecule has 0 spiro atoms. The quantitative estimate of drug-likeness (QED) is 0.655. The summed E-state index contributed by atoms with van der Waals surface area (Å²) in [5.74, 6) is 0. The number of furan rings is 1. The van der Waals surface area contributed by atoms with Crippen molar-refractivity contribution in [3.05, 3.63) is 69.5 Å². The zero-order valence-corrected chi connectivity index (χ0v) is 13.4. The second-order valence-corrected chi connectivity index (χ2v) is 6.08. The van der Waals surface area contributed by atoms with Crippen LogP contribution >= 0.6 is 22.6 Å². The second-order valence-electron chi connectivity index (χ2n) is 4.92. The first-order chi connectivity index (χ1) is 9.74. The van der Waals surface area contributed by atoms with E-state index < -0.39 is 0 Å². The lowest BCUT2D eigenvalue weighted by Crippen LogP contribution is -2.18. The molecule has 0 amide bonds. The molecule has 1 heterocycles. The van der Waals surface area contributed by atoms with Gasteiger partial charge in [0.15, 0.2) is 0 Å². The van der Waals surface area contributed by atoms with E-state index in [0.717, 1.165) is 17.5 Å². The van der Waals surface area contributed by atoms with Crippen LogP contribution in [0.4, 0.5) is 0 Å². The molecule has 0 aliphatic rings. The molecule has 0 saturated heterocycles. The Balaban J connectivity index is 1.71. The van der Waals surface area contributed by atoms with Crippen LogP contribution in [0.5, 0.6) is 0 Å². The van der Waals surface area contributed by atoms with E-state index in [0.29, 0.717) is 6.04 Å². The third-order valence-corrected chi connectivity index (χ3v) is 4.49. The Hall–Kier alpha value is -1.33. The summed E-state index contributed by atoms with van der Waals surface area (Å²) in [6, 6.07) is 17.1. The number of nitrogens with one attached hydrogen (secondary N) is 1. The predicted molar refractivity (Wildman–Crippen MR) is 90.6 cm³/mol. The van der Waals surface area contributed by atoms with Gasteiger partial charge in [-0.3, -0.25) is 0 Å². The van der Waals surface area contributed by atoms with Crippen LogP contribution in [0.15, 0.2) is 59.2 Å². The molecule has 0 saturated carbocycles. The molecule has 1 unspecified atom stereocenters. The van der Waals surface area contributed by atoms with Crippen LogP contribution in [-0.4, -0.2) is 0 Å². The molecule has 1 aromatic heterocycles. The number of fused-ring (bicyclic) bond motifs is 1. The van der Waals surface area contributed by atoms with Crippen LogP contribution < -0.4 is 5.32 Å². The summed E-state index contributed by atoms with van der Waals surface area (Å²) in [7, 11) is 0. The van der Waals surface area contributed by atoms with Crippen molar-refractivity contribution in [3.63, 3.8) is 0 Å². The Morgan fingerprint density at radius 1 is 1.15 bits per heavy atom. The fraction of sp³-hybridized carbons (Fsp3) is 0.176. The van der Waals surface area contributed by atoms with Gasteiger partial charge in [-0.1, -0.05) is 30.3 Å². The lowest BCUT2D eigenvalue weighted by Gasteiger charge is -2.15. The van der Waals surface area contributed by atoms with Crippen LogP contribution in [0.25, 0.3) is 11.0 Å². The molecule has 1 N–H and O–H groups in total. The Morgan fingerprint density at radius 3 is 2.85 bits per heavy atom. The molecule has 0 radical (unpaired) electrons. The van der Waals surface area contributed by atoms with Crippen LogP contribution in [0.3, 0.4) is 0 Å². The van der Waals surface area contributed by atoms with E-state index in [-0.39, 0.29) is 0 Å². The predicted octanol–water partition coefficient (Wildman–Crippen LogP) is 4.89. The summed E-state index contributed by atoms with van der Waals surface area (Å²) < 4.78 is 6.74. The Morgan fingerprint density at radius 2 is 2.00 bits per heavy atom. The summed E-state index contributed by atoms with van der Waals surface area (Å²) in [6.07, 6.45) is 1.73. The van der Waals surface area contributed by atoms with E-state index in [1.54, 1.807) is 6.26 Å².